The second kappa shape index (κ2) is 6.14. The summed E-state index contributed by atoms with van der Waals surface area (Å²) in [7, 11) is 0. The zero-order chi connectivity index (χ0) is 14.7. The number of carbonyl (C=O) groups excluding carboxylic acids is 1. The summed E-state index contributed by atoms with van der Waals surface area (Å²) >= 11 is 6.04. The monoisotopic (exact) mass is 301 g/mol. The van der Waals surface area contributed by atoms with E-state index < -0.39 is 0 Å². The van der Waals surface area contributed by atoms with E-state index in [0.717, 1.165) is 49.0 Å². The van der Waals surface area contributed by atoms with Gasteiger partial charge in [0.05, 0.1) is 0 Å². The van der Waals surface area contributed by atoms with Gasteiger partial charge in [0.2, 0.25) is 0 Å². The average Bonchev–Trinajstić information content (AvgIpc) is 2.55. The third-order valence-corrected chi connectivity index (χ3v) is 3.92. The smallest absolute Gasteiger partial charge is 0.151 e. The summed E-state index contributed by atoms with van der Waals surface area (Å²) in [5.41, 5.74) is 1.77. The molecule has 1 aromatic carbocycles. The topological polar surface area (TPSA) is 36.4 Å². The molecule has 1 aliphatic rings. The molecule has 4 nitrogen and oxygen atoms in total. The Morgan fingerprint density at radius 3 is 2.43 bits per heavy atom. The Labute approximate surface area is 129 Å². The molecule has 21 heavy (non-hydrogen) atoms. The van der Waals surface area contributed by atoms with Crippen molar-refractivity contribution in [2.75, 3.05) is 36.0 Å². The van der Waals surface area contributed by atoms with E-state index in [0.29, 0.717) is 5.56 Å². The fourth-order valence-electron chi connectivity index (χ4n) is 2.52. The van der Waals surface area contributed by atoms with Gasteiger partial charge < -0.3 is 9.80 Å². The lowest BCUT2D eigenvalue weighted by Crippen LogP contribution is -2.46. The van der Waals surface area contributed by atoms with Gasteiger partial charge in [-0.15, -0.1) is 0 Å². The highest BCUT2D eigenvalue weighted by molar-refractivity contribution is 6.30. The van der Waals surface area contributed by atoms with Gasteiger partial charge in [0.1, 0.15) is 5.82 Å². The lowest BCUT2D eigenvalue weighted by atomic mass is 10.2. The van der Waals surface area contributed by atoms with E-state index in [9.17, 15) is 4.79 Å². The van der Waals surface area contributed by atoms with Gasteiger partial charge in [0.25, 0.3) is 0 Å². The Balaban J connectivity index is 1.65. The van der Waals surface area contributed by atoms with Gasteiger partial charge in [0, 0.05) is 48.6 Å². The summed E-state index contributed by atoms with van der Waals surface area (Å²) in [6.45, 7) is 3.66. The van der Waals surface area contributed by atoms with Crippen molar-refractivity contribution in [3.05, 3.63) is 53.2 Å². The van der Waals surface area contributed by atoms with Crippen LogP contribution in [0.15, 0.2) is 42.6 Å². The van der Waals surface area contributed by atoms with Gasteiger partial charge in [0.15, 0.2) is 6.29 Å². The summed E-state index contributed by atoms with van der Waals surface area (Å²) in [6.07, 6.45) is 2.43. The fourth-order valence-corrected chi connectivity index (χ4v) is 2.71. The second-order valence-electron chi connectivity index (χ2n) is 5.02. The molecule has 0 radical (unpaired) electrons. The van der Waals surface area contributed by atoms with Gasteiger partial charge in [-0.25, -0.2) is 4.98 Å². The van der Waals surface area contributed by atoms with E-state index in [-0.39, 0.29) is 0 Å². The van der Waals surface area contributed by atoms with Crippen LogP contribution in [0.2, 0.25) is 5.02 Å². The van der Waals surface area contributed by atoms with E-state index in [1.807, 2.05) is 24.3 Å². The zero-order valence-corrected chi connectivity index (χ0v) is 12.3. The first-order chi connectivity index (χ1) is 10.3. The molecule has 1 aliphatic heterocycles. The number of piperazine rings is 1. The predicted octanol–water partition coefficient (Wildman–Crippen LogP) is 2.87. The first kappa shape index (κ1) is 13.9. The second-order valence-corrected chi connectivity index (χ2v) is 5.46. The van der Waals surface area contributed by atoms with Crippen molar-refractivity contribution in [3.63, 3.8) is 0 Å². The van der Waals surface area contributed by atoms with Crippen molar-refractivity contribution in [1.29, 1.82) is 0 Å². The minimum atomic E-state index is 0.608. The number of hydrogen-bond donors (Lipinski definition) is 0. The number of rotatable bonds is 3. The van der Waals surface area contributed by atoms with Crippen molar-refractivity contribution in [2.45, 2.75) is 0 Å². The van der Waals surface area contributed by atoms with Gasteiger partial charge in [-0.2, -0.15) is 0 Å². The first-order valence-corrected chi connectivity index (χ1v) is 7.31. The lowest BCUT2D eigenvalue weighted by Gasteiger charge is -2.36. The molecule has 5 heteroatoms. The normalized spacial score (nSPS) is 15.1. The maximum Gasteiger partial charge on any atom is 0.151 e. The van der Waals surface area contributed by atoms with E-state index in [1.165, 1.54) is 0 Å². The molecule has 0 unspecified atom stereocenters. The summed E-state index contributed by atoms with van der Waals surface area (Å²) in [5.74, 6) is 0.923. The third-order valence-electron chi connectivity index (χ3n) is 3.68. The Bertz CT molecular complexity index is 622. The quantitative estimate of drug-likeness (QED) is 0.817. The number of carbonyl (C=O) groups is 1. The minimum Gasteiger partial charge on any atom is -0.368 e. The van der Waals surface area contributed by atoms with Crippen molar-refractivity contribution in [2.24, 2.45) is 0 Å². The number of hydrogen-bond acceptors (Lipinski definition) is 4. The van der Waals surface area contributed by atoms with Crippen molar-refractivity contribution >= 4 is 29.4 Å². The molecule has 3 rings (SSSR count). The molecule has 0 aliphatic carbocycles. The molecule has 0 saturated carbocycles. The number of nitrogens with zero attached hydrogens (tertiary/aromatic N) is 3. The Morgan fingerprint density at radius 1 is 1.05 bits per heavy atom. The van der Waals surface area contributed by atoms with Crippen LogP contribution in [0.25, 0.3) is 0 Å². The van der Waals surface area contributed by atoms with Crippen LogP contribution in [0.4, 0.5) is 11.5 Å². The molecule has 2 heterocycles. The number of benzene rings is 1. The molecule has 1 aromatic heterocycles. The Kier molecular flexibility index (Phi) is 4.06. The number of aromatic nitrogens is 1. The molecule has 0 N–H and O–H groups in total. The number of anilines is 2. The number of halogens is 1. The summed E-state index contributed by atoms with van der Waals surface area (Å²) < 4.78 is 0. The van der Waals surface area contributed by atoms with Crippen molar-refractivity contribution in [1.82, 2.24) is 4.98 Å². The molecule has 2 aromatic rings. The molecular formula is C16H16ClN3O. The van der Waals surface area contributed by atoms with Crippen molar-refractivity contribution in [3.8, 4) is 0 Å². The van der Waals surface area contributed by atoms with Gasteiger partial charge >= 0.3 is 0 Å². The standard InChI is InChI=1S/C16H16ClN3O/c17-14-2-1-3-15(10-14)19-6-8-20(9-7-19)16-5-4-13(12-21)11-18-16/h1-5,10-12H,6-9H2. The molecule has 0 spiro atoms. The van der Waals surface area contributed by atoms with Crippen LogP contribution in [0.5, 0.6) is 0 Å². The largest absolute Gasteiger partial charge is 0.368 e. The maximum atomic E-state index is 10.7. The van der Waals surface area contributed by atoms with Crippen LogP contribution in [-0.4, -0.2) is 37.4 Å². The molecule has 108 valence electrons. The highest BCUT2D eigenvalue weighted by atomic mass is 35.5. The molecule has 0 atom stereocenters. The fraction of sp³-hybridized carbons (Fsp3) is 0.250. The third kappa shape index (κ3) is 3.16. The molecule has 1 saturated heterocycles. The molecular weight excluding hydrogens is 286 g/mol. The maximum absolute atomic E-state index is 10.7. The van der Waals surface area contributed by atoms with Crippen LogP contribution >= 0.6 is 11.6 Å². The van der Waals surface area contributed by atoms with E-state index in [4.69, 9.17) is 11.6 Å². The number of pyridine rings is 1. The number of aldehydes is 1. The Morgan fingerprint density at radius 2 is 1.81 bits per heavy atom. The van der Waals surface area contributed by atoms with Gasteiger partial charge in [-0.3, -0.25) is 4.79 Å². The molecule has 0 bridgehead atoms. The zero-order valence-electron chi connectivity index (χ0n) is 11.6. The predicted molar refractivity (Wildman–Crippen MR) is 85.5 cm³/mol. The van der Waals surface area contributed by atoms with Gasteiger partial charge in [-0.1, -0.05) is 17.7 Å². The van der Waals surface area contributed by atoms with Crippen LogP contribution in [0, 0.1) is 0 Å². The first-order valence-electron chi connectivity index (χ1n) is 6.93. The summed E-state index contributed by atoms with van der Waals surface area (Å²) in [5, 5.41) is 0.765. The van der Waals surface area contributed by atoms with E-state index in [1.54, 1.807) is 12.3 Å². The summed E-state index contributed by atoms with van der Waals surface area (Å²) in [4.78, 5) is 19.5. The van der Waals surface area contributed by atoms with E-state index >= 15 is 0 Å². The van der Waals surface area contributed by atoms with Crippen LogP contribution < -0.4 is 9.80 Å². The highest BCUT2D eigenvalue weighted by Crippen LogP contribution is 2.22. The average molecular weight is 302 g/mol. The minimum absolute atomic E-state index is 0.608. The molecule has 0 amide bonds. The lowest BCUT2D eigenvalue weighted by molar-refractivity contribution is 0.112. The highest BCUT2D eigenvalue weighted by Gasteiger charge is 2.18. The Hall–Kier alpha value is -2.07. The van der Waals surface area contributed by atoms with Gasteiger partial charge in [-0.05, 0) is 30.3 Å². The van der Waals surface area contributed by atoms with Crippen molar-refractivity contribution < 1.29 is 4.79 Å². The summed E-state index contributed by atoms with van der Waals surface area (Å²) in [6, 6.07) is 11.6. The van der Waals surface area contributed by atoms with Crippen LogP contribution in [0.3, 0.4) is 0 Å². The van der Waals surface area contributed by atoms with Crippen LogP contribution in [-0.2, 0) is 0 Å². The SMILES string of the molecule is O=Cc1ccc(N2CCN(c3cccc(Cl)c3)CC2)nc1. The molecule has 1 fully saturated rings. The van der Waals surface area contributed by atoms with E-state index in [2.05, 4.69) is 20.9 Å². The van der Waals surface area contributed by atoms with Crippen LogP contribution in [0.1, 0.15) is 10.4 Å².